The molecule has 0 bridgehead atoms. The normalized spacial score (nSPS) is 14.7. The molecule has 2 aromatic rings. The second kappa shape index (κ2) is 8.15. The molecule has 1 fully saturated rings. The molecule has 0 unspecified atom stereocenters. The zero-order valence-corrected chi connectivity index (χ0v) is 16.7. The Morgan fingerprint density at radius 2 is 2.04 bits per heavy atom. The summed E-state index contributed by atoms with van der Waals surface area (Å²) >= 11 is 6.14. The smallest absolute Gasteiger partial charge is 0.203 e. The number of nitrogens with two attached hydrogens (primary N) is 1. The Morgan fingerprint density at radius 3 is 2.67 bits per heavy atom. The minimum Gasteiger partial charge on any atom is -0.508 e. The van der Waals surface area contributed by atoms with Gasteiger partial charge in [-0.25, -0.2) is 0 Å². The molecule has 4 nitrogen and oxygen atoms in total. The van der Waals surface area contributed by atoms with Crippen LogP contribution in [0, 0.1) is 12.3 Å². The van der Waals surface area contributed by atoms with E-state index in [9.17, 15) is 5.11 Å². The summed E-state index contributed by atoms with van der Waals surface area (Å²) in [5.41, 5.74) is 4.97. The lowest BCUT2D eigenvalue weighted by molar-refractivity contribution is -0.565. The highest BCUT2D eigenvalue weighted by Gasteiger charge is 2.27. The monoisotopic (exact) mass is 385 g/mol. The van der Waals surface area contributed by atoms with Crippen LogP contribution in [0.25, 0.3) is 0 Å². The third-order valence-electron chi connectivity index (χ3n) is 5.03. The van der Waals surface area contributed by atoms with Crippen molar-refractivity contribution in [2.75, 3.05) is 7.05 Å². The number of nitrogens with one attached hydrogen (secondary N) is 1. The molecule has 0 radical (unpaired) electrons. The van der Waals surface area contributed by atoms with Crippen molar-refractivity contribution < 1.29 is 15.2 Å². The summed E-state index contributed by atoms with van der Waals surface area (Å²) < 4.78 is 6.01. The molecule has 0 spiro atoms. The van der Waals surface area contributed by atoms with E-state index >= 15 is 0 Å². The number of halogens is 1. The molecule has 142 valence electrons. The quantitative estimate of drug-likeness (QED) is 0.494. The van der Waals surface area contributed by atoms with E-state index in [1.807, 2.05) is 45.2 Å². The van der Waals surface area contributed by atoms with Crippen molar-refractivity contribution >= 4 is 17.3 Å². The van der Waals surface area contributed by atoms with Gasteiger partial charge in [-0.15, -0.1) is 0 Å². The minimum atomic E-state index is 0.293. The topological polar surface area (TPSA) is 69.9 Å². The third-order valence-corrected chi connectivity index (χ3v) is 5.53. The number of ether oxygens (including phenoxy) is 1. The van der Waals surface area contributed by atoms with E-state index in [1.165, 1.54) is 18.4 Å². The highest BCUT2D eigenvalue weighted by molar-refractivity contribution is 6.31. The van der Waals surface area contributed by atoms with Crippen molar-refractivity contribution in [3.05, 3.63) is 69.4 Å². The maximum Gasteiger partial charge on any atom is 0.203 e. The highest BCUT2D eigenvalue weighted by atomic mass is 35.5. The fraction of sp³-hybridized carbons (Fsp3) is 0.318. The van der Waals surface area contributed by atoms with Gasteiger partial charge in [-0.1, -0.05) is 12.1 Å². The molecular formula is C22H26ClN2O2+. The molecule has 0 atom stereocenters. The van der Waals surface area contributed by atoms with Gasteiger partial charge in [-0.3, -0.25) is 5.41 Å². The number of allylic oxidation sites excluding steroid dienone is 1. The molecule has 4 N–H and O–H groups in total. The summed E-state index contributed by atoms with van der Waals surface area (Å²) in [6.45, 7) is 4.15. The number of phenols is 1. The van der Waals surface area contributed by atoms with Gasteiger partial charge in [0.25, 0.3) is 0 Å². The Bertz CT molecular complexity index is 901. The second-order valence-electron chi connectivity index (χ2n) is 7.02. The van der Waals surface area contributed by atoms with Crippen LogP contribution >= 0.6 is 11.6 Å². The van der Waals surface area contributed by atoms with E-state index in [4.69, 9.17) is 21.7 Å². The summed E-state index contributed by atoms with van der Waals surface area (Å²) in [7, 11) is 1.86. The molecular weight excluding hydrogens is 360 g/mol. The van der Waals surface area contributed by atoms with Gasteiger partial charge in [0, 0.05) is 16.7 Å². The van der Waals surface area contributed by atoms with E-state index in [-0.39, 0.29) is 0 Å². The third kappa shape index (κ3) is 4.34. The van der Waals surface area contributed by atoms with Crippen LogP contribution in [-0.2, 0) is 6.61 Å². The number of phenolic OH excluding ortho intramolecular Hbond substituents is 1. The second-order valence-corrected chi connectivity index (χ2v) is 7.43. The van der Waals surface area contributed by atoms with Crippen LogP contribution in [0.2, 0.25) is 0 Å². The molecule has 1 aliphatic carbocycles. The number of rotatable bonds is 7. The van der Waals surface area contributed by atoms with Gasteiger partial charge in [0.1, 0.15) is 18.1 Å². The molecule has 1 saturated carbocycles. The Morgan fingerprint density at radius 1 is 1.30 bits per heavy atom. The van der Waals surface area contributed by atoms with E-state index in [0.29, 0.717) is 29.1 Å². The largest absolute Gasteiger partial charge is 0.508 e. The zero-order valence-electron chi connectivity index (χ0n) is 16.0. The number of quaternary nitrogens is 1. The Kier molecular flexibility index (Phi) is 5.88. The fourth-order valence-electron chi connectivity index (χ4n) is 3.20. The van der Waals surface area contributed by atoms with Gasteiger partial charge in [-0.05, 0) is 79.6 Å². The molecule has 0 saturated heterocycles. The molecule has 5 heteroatoms. The first-order valence-corrected chi connectivity index (χ1v) is 9.59. The van der Waals surface area contributed by atoms with Gasteiger partial charge in [0.2, 0.25) is 5.16 Å². The maximum atomic E-state index is 10.2. The van der Waals surface area contributed by atoms with Crippen LogP contribution in [0.1, 0.15) is 47.9 Å². The van der Waals surface area contributed by atoms with Crippen molar-refractivity contribution in [1.29, 1.82) is 5.41 Å². The number of aryl methyl sites for hydroxylation is 1. The summed E-state index contributed by atoms with van der Waals surface area (Å²) in [5, 5.41) is 21.0. The predicted octanol–water partition coefficient (Wildman–Crippen LogP) is 4.19. The molecule has 2 aromatic carbocycles. The lowest BCUT2D eigenvalue weighted by Crippen LogP contribution is -2.76. The first-order chi connectivity index (χ1) is 12.9. The summed E-state index contributed by atoms with van der Waals surface area (Å²) in [5.74, 6) is 1.60. The van der Waals surface area contributed by atoms with Crippen molar-refractivity contribution in [2.24, 2.45) is 0 Å². The van der Waals surface area contributed by atoms with Gasteiger partial charge in [0.05, 0.1) is 12.8 Å². The molecule has 0 amide bonds. The number of aromatic hydroxyl groups is 1. The Balaban J connectivity index is 1.77. The van der Waals surface area contributed by atoms with Crippen LogP contribution in [0.5, 0.6) is 11.5 Å². The van der Waals surface area contributed by atoms with Crippen LogP contribution in [0.15, 0.2) is 47.1 Å². The highest BCUT2D eigenvalue weighted by Crippen LogP contribution is 2.43. The summed E-state index contributed by atoms with van der Waals surface area (Å²) in [6.07, 6.45) is 2.35. The molecule has 0 heterocycles. The first-order valence-electron chi connectivity index (χ1n) is 9.21. The van der Waals surface area contributed by atoms with E-state index in [1.54, 1.807) is 11.4 Å². The summed E-state index contributed by atoms with van der Waals surface area (Å²) in [6, 6.07) is 11.4. The van der Waals surface area contributed by atoms with Crippen molar-refractivity contribution in [2.45, 2.75) is 39.2 Å². The van der Waals surface area contributed by atoms with Crippen molar-refractivity contribution in [3.63, 3.8) is 0 Å². The molecule has 1 aliphatic rings. The van der Waals surface area contributed by atoms with E-state index in [0.717, 1.165) is 28.0 Å². The van der Waals surface area contributed by atoms with Gasteiger partial charge >= 0.3 is 0 Å². The first kappa shape index (κ1) is 19.5. The van der Waals surface area contributed by atoms with Crippen LogP contribution < -0.4 is 10.1 Å². The molecule has 27 heavy (non-hydrogen) atoms. The van der Waals surface area contributed by atoms with Crippen LogP contribution in [0.3, 0.4) is 0 Å². The van der Waals surface area contributed by atoms with Crippen molar-refractivity contribution in [1.82, 2.24) is 0 Å². The minimum absolute atomic E-state index is 0.293. The Labute approximate surface area is 165 Å². The van der Waals surface area contributed by atoms with Crippen LogP contribution in [0.4, 0.5) is 0 Å². The lowest BCUT2D eigenvalue weighted by Gasteiger charge is -2.15. The lowest BCUT2D eigenvalue weighted by atomic mass is 10.0. The van der Waals surface area contributed by atoms with E-state index in [2.05, 4.69) is 6.07 Å². The average molecular weight is 386 g/mol. The number of hydrogen-bond donors (Lipinski definition) is 3. The summed E-state index contributed by atoms with van der Waals surface area (Å²) in [4.78, 5) is 0. The SMILES string of the molecule is C[NH2+]/C(Cl)=C(/C)C(=N)c1ccc(OCc2c(O)cccc2C2CC2)c(C)c1. The van der Waals surface area contributed by atoms with Crippen molar-refractivity contribution in [3.8, 4) is 11.5 Å². The Hall–Kier alpha value is -2.30. The molecule has 0 aromatic heterocycles. The maximum absolute atomic E-state index is 10.2. The number of benzene rings is 2. The molecule has 0 aliphatic heterocycles. The number of hydrogen-bond acceptors (Lipinski definition) is 3. The van der Waals surface area contributed by atoms with Crippen LogP contribution in [-0.4, -0.2) is 17.9 Å². The predicted molar refractivity (Wildman–Crippen MR) is 109 cm³/mol. The standard InChI is InChI=1S/C22H25ClN2O2/c1-13-11-16(21(24)14(2)22(23)25-3)9-10-20(13)27-12-18-17(15-7-8-15)5-4-6-19(18)26/h4-6,9-11,15,24-26H,7-8,12H2,1-3H3/p+1/b22-14-,24-21?. The molecule has 3 rings (SSSR count). The fourth-order valence-corrected chi connectivity index (χ4v) is 3.29. The zero-order chi connectivity index (χ0) is 19.6. The van der Waals surface area contributed by atoms with Gasteiger partial charge < -0.3 is 15.2 Å². The average Bonchev–Trinajstić information content (AvgIpc) is 3.51. The van der Waals surface area contributed by atoms with Gasteiger partial charge in [-0.2, -0.15) is 0 Å². The van der Waals surface area contributed by atoms with Gasteiger partial charge in [0.15, 0.2) is 0 Å². The van der Waals surface area contributed by atoms with E-state index < -0.39 is 0 Å².